The Balaban J connectivity index is 2.30. The highest BCUT2D eigenvalue weighted by Gasteiger charge is 2.12. The van der Waals surface area contributed by atoms with Crippen molar-refractivity contribution in [1.82, 2.24) is 15.0 Å². The van der Waals surface area contributed by atoms with Gasteiger partial charge >= 0.3 is 5.97 Å². The Morgan fingerprint density at radius 1 is 1.29 bits per heavy atom. The molecule has 2 heterocycles. The van der Waals surface area contributed by atoms with Gasteiger partial charge in [0, 0.05) is 22.2 Å². The quantitative estimate of drug-likeness (QED) is 0.670. The van der Waals surface area contributed by atoms with E-state index in [0.717, 1.165) is 15.3 Å². The van der Waals surface area contributed by atoms with E-state index in [2.05, 4.69) is 37.5 Å². The molecule has 7 heteroatoms. The SMILES string of the molecule is O=C(O)c1cccnc1Sc1ncc(I)cn1. The van der Waals surface area contributed by atoms with Crippen molar-refractivity contribution < 1.29 is 9.90 Å². The van der Waals surface area contributed by atoms with Crippen LogP contribution in [0.25, 0.3) is 0 Å². The number of carbonyl (C=O) groups is 1. The summed E-state index contributed by atoms with van der Waals surface area (Å²) in [7, 11) is 0. The predicted octanol–water partition coefficient (Wildman–Crippen LogP) is 2.33. The van der Waals surface area contributed by atoms with Crippen molar-refractivity contribution >= 4 is 40.3 Å². The molecule has 0 unspecified atom stereocenters. The van der Waals surface area contributed by atoms with Crippen molar-refractivity contribution in [3.8, 4) is 0 Å². The van der Waals surface area contributed by atoms with Gasteiger partial charge in [0.15, 0.2) is 5.16 Å². The zero-order chi connectivity index (χ0) is 12.3. The number of carboxylic acids is 1. The third-order valence-corrected chi connectivity index (χ3v) is 3.26. The van der Waals surface area contributed by atoms with Gasteiger partial charge in [-0.3, -0.25) is 0 Å². The van der Waals surface area contributed by atoms with Gasteiger partial charge in [-0.15, -0.1) is 0 Å². The van der Waals surface area contributed by atoms with Gasteiger partial charge in [0.1, 0.15) is 5.03 Å². The fourth-order valence-electron chi connectivity index (χ4n) is 1.07. The Morgan fingerprint density at radius 3 is 2.65 bits per heavy atom. The van der Waals surface area contributed by atoms with Crippen molar-refractivity contribution in [3.63, 3.8) is 0 Å². The molecule has 0 saturated carbocycles. The molecular weight excluding hydrogens is 353 g/mol. The van der Waals surface area contributed by atoms with Crippen molar-refractivity contribution in [2.24, 2.45) is 0 Å². The summed E-state index contributed by atoms with van der Waals surface area (Å²) < 4.78 is 0.923. The van der Waals surface area contributed by atoms with Crippen molar-refractivity contribution in [2.75, 3.05) is 0 Å². The second-order valence-corrected chi connectivity index (χ2v) is 5.15. The number of pyridine rings is 1. The van der Waals surface area contributed by atoms with Crippen LogP contribution < -0.4 is 0 Å². The Bertz CT molecular complexity index is 548. The Labute approximate surface area is 115 Å². The zero-order valence-electron chi connectivity index (χ0n) is 8.37. The highest BCUT2D eigenvalue weighted by Crippen LogP contribution is 2.25. The van der Waals surface area contributed by atoms with Gasteiger partial charge in [0.2, 0.25) is 0 Å². The molecule has 2 rings (SSSR count). The Morgan fingerprint density at radius 2 is 2.00 bits per heavy atom. The highest BCUT2D eigenvalue weighted by atomic mass is 127. The van der Waals surface area contributed by atoms with Gasteiger partial charge in [-0.1, -0.05) is 0 Å². The minimum atomic E-state index is -1.01. The molecule has 0 aromatic carbocycles. The van der Waals surface area contributed by atoms with Gasteiger partial charge in [-0.25, -0.2) is 19.7 Å². The van der Waals surface area contributed by atoms with Crippen molar-refractivity contribution in [1.29, 1.82) is 0 Å². The largest absolute Gasteiger partial charge is 0.478 e. The number of nitrogens with zero attached hydrogens (tertiary/aromatic N) is 3. The molecule has 0 amide bonds. The van der Waals surface area contributed by atoms with Gasteiger partial charge in [0.05, 0.1) is 5.56 Å². The number of hydrogen-bond acceptors (Lipinski definition) is 5. The molecule has 0 atom stereocenters. The van der Waals surface area contributed by atoms with Crippen molar-refractivity contribution in [2.45, 2.75) is 10.2 Å². The number of carboxylic acid groups (broad SMARTS) is 1. The number of rotatable bonds is 3. The van der Waals surface area contributed by atoms with Crippen LogP contribution in [0.1, 0.15) is 10.4 Å². The van der Waals surface area contributed by atoms with Gasteiger partial charge in [-0.2, -0.15) is 0 Å². The molecule has 0 saturated heterocycles. The second-order valence-electron chi connectivity index (χ2n) is 2.95. The van der Waals surface area contributed by atoms with Crippen LogP contribution in [0.5, 0.6) is 0 Å². The first-order valence-electron chi connectivity index (χ1n) is 4.50. The van der Waals surface area contributed by atoms with E-state index in [1.54, 1.807) is 24.7 Å². The third-order valence-electron chi connectivity index (χ3n) is 1.79. The maximum atomic E-state index is 11.0. The van der Waals surface area contributed by atoms with Gasteiger partial charge in [0.25, 0.3) is 0 Å². The zero-order valence-corrected chi connectivity index (χ0v) is 11.3. The summed E-state index contributed by atoms with van der Waals surface area (Å²) in [6, 6.07) is 3.09. The lowest BCUT2D eigenvalue weighted by Crippen LogP contribution is -2.00. The second kappa shape index (κ2) is 5.41. The monoisotopic (exact) mass is 359 g/mol. The van der Waals surface area contributed by atoms with Crippen molar-refractivity contribution in [3.05, 3.63) is 39.9 Å². The molecule has 0 radical (unpaired) electrons. The number of halogens is 1. The molecule has 86 valence electrons. The summed E-state index contributed by atoms with van der Waals surface area (Å²) in [6.07, 6.45) is 4.88. The minimum absolute atomic E-state index is 0.152. The van der Waals surface area contributed by atoms with Crippen LogP contribution in [0, 0.1) is 3.57 Å². The Hall–Kier alpha value is -1.22. The van der Waals surface area contributed by atoms with E-state index >= 15 is 0 Å². The smallest absolute Gasteiger partial charge is 0.338 e. The summed E-state index contributed by atoms with van der Waals surface area (Å²) in [5, 5.41) is 9.86. The molecule has 1 N–H and O–H groups in total. The summed E-state index contributed by atoms with van der Waals surface area (Å²) in [6.45, 7) is 0. The molecule has 0 fully saturated rings. The fraction of sp³-hybridized carbons (Fsp3) is 0. The first kappa shape index (κ1) is 12.2. The summed E-state index contributed by atoms with van der Waals surface area (Å²) in [4.78, 5) is 23.2. The summed E-state index contributed by atoms with van der Waals surface area (Å²) >= 11 is 3.23. The first-order chi connectivity index (χ1) is 8.16. The molecule has 2 aromatic heterocycles. The van der Waals surface area contributed by atoms with Crippen LogP contribution in [-0.2, 0) is 0 Å². The van der Waals surface area contributed by atoms with Crippen LogP contribution in [0.3, 0.4) is 0 Å². The molecule has 0 aliphatic heterocycles. The summed E-state index contributed by atoms with van der Waals surface area (Å²) in [5.41, 5.74) is 0.152. The molecular formula is C10H6IN3O2S. The van der Waals surface area contributed by atoms with E-state index in [0.29, 0.717) is 10.2 Å². The maximum Gasteiger partial charge on any atom is 0.338 e. The molecule has 0 spiro atoms. The topological polar surface area (TPSA) is 76.0 Å². The van der Waals surface area contributed by atoms with E-state index in [1.165, 1.54) is 6.07 Å². The van der Waals surface area contributed by atoms with Crippen LogP contribution in [0.2, 0.25) is 0 Å². The maximum absolute atomic E-state index is 11.0. The van der Waals surface area contributed by atoms with E-state index in [9.17, 15) is 4.79 Å². The average molecular weight is 359 g/mol. The standard InChI is InChI=1S/C10H6IN3O2S/c11-6-4-13-10(14-5-6)17-8-7(9(15)16)2-1-3-12-8/h1-5H,(H,15,16). The lowest BCUT2D eigenvalue weighted by Gasteiger charge is -2.02. The predicted molar refractivity (Wildman–Crippen MR) is 70.1 cm³/mol. The molecule has 17 heavy (non-hydrogen) atoms. The van der Waals surface area contributed by atoms with E-state index < -0.39 is 5.97 Å². The minimum Gasteiger partial charge on any atom is -0.478 e. The van der Waals surface area contributed by atoms with Crippen LogP contribution in [0.4, 0.5) is 0 Å². The fourth-order valence-corrected chi connectivity index (χ4v) is 2.12. The Kier molecular flexibility index (Phi) is 3.89. The number of aromatic nitrogens is 3. The molecule has 5 nitrogen and oxygen atoms in total. The van der Waals surface area contributed by atoms with E-state index in [1.807, 2.05) is 0 Å². The molecule has 2 aromatic rings. The van der Waals surface area contributed by atoms with Crippen LogP contribution in [-0.4, -0.2) is 26.0 Å². The third kappa shape index (κ3) is 3.13. The highest BCUT2D eigenvalue weighted by molar-refractivity contribution is 14.1. The molecule has 0 aliphatic rings. The molecule has 0 bridgehead atoms. The first-order valence-corrected chi connectivity index (χ1v) is 6.40. The average Bonchev–Trinajstić information content (AvgIpc) is 2.32. The lowest BCUT2D eigenvalue weighted by molar-refractivity contribution is 0.0692. The van der Waals surface area contributed by atoms with E-state index in [-0.39, 0.29) is 5.56 Å². The van der Waals surface area contributed by atoms with E-state index in [4.69, 9.17) is 5.11 Å². The molecule has 0 aliphatic carbocycles. The lowest BCUT2D eigenvalue weighted by atomic mass is 10.3. The summed E-state index contributed by atoms with van der Waals surface area (Å²) in [5.74, 6) is -1.01. The van der Waals surface area contributed by atoms with Gasteiger partial charge < -0.3 is 5.11 Å². The number of hydrogen-bond donors (Lipinski definition) is 1. The van der Waals surface area contributed by atoms with Crippen LogP contribution in [0.15, 0.2) is 40.9 Å². The normalized spacial score (nSPS) is 10.2. The van der Waals surface area contributed by atoms with Crippen LogP contribution >= 0.6 is 34.4 Å². The number of aromatic carboxylic acids is 1. The van der Waals surface area contributed by atoms with Gasteiger partial charge in [-0.05, 0) is 46.5 Å².